The largest absolute Gasteiger partial charge is 0.397 e. The van der Waals surface area contributed by atoms with Gasteiger partial charge in [-0.2, -0.15) is 4.98 Å². The average molecular weight is 304 g/mol. The summed E-state index contributed by atoms with van der Waals surface area (Å²) in [5.41, 5.74) is 7.91. The van der Waals surface area contributed by atoms with Crippen molar-refractivity contribution in [3.05, 3.63) is 16.8 Å². The van der Waals surface area contributed by atoms with Gasteiger partial charge in [0.25, 0.3) is 5.89 Å². The molecule has 2 aromatic heterocycles. The van der Waals surface area contributed by atoms with Crippen molar-refractivity contribution in [2.45, 2.75) is 50.6 Å². The molecule has 0 amide bonds. The van der Waals surface area contributed by atoms with E-state index in [0.717, 1.165) is 34.8 Å². The summed E-state index contributed by atoms with van der Waals surface area (Å²) >= 11 is 1.57. The van der Waals surface area contributed by atoms with Gasteiger partial charge in [-0.25, -0.2) is 0 Å². The van der Waals surface area contributed by atoms with E-state index in [-0.39, 0.29) is 0 Å². The third-order valence-corrected chi connectivity index (χ3v) is 6.22. The predicted molar refractivity (Wildman–Crippen MR) is 83.3 cm³/mol. The van der Waals surface area contributed by atoms with Crippen molar-refractivity contribution in [3.63, 3.8) is 0 Å². The van der Waals surface area contributed by atoms with E-state index >= 15 is 0 Å². The molecule has 4 heterocycles. The van der Waals surface area contributed by atoms with E-state index in [4.69, 9.17) is 10.3 Å². The van der Waals surface area contributed by atoms with Crippen LogP contribution in [0.2, 0.25) is 0 Å². The molecule has 2 atom stereocenters. The Morgan fingerprint density at radius 3 is 2.67 bits per heavy atom. The first-order valence-electron chi connectivity index (χ1n) is 7.53. The Labute approximate surface area is 128 Å². The minimum absolute atomic E-state index is 0.429. The van der Waals surface area contributed by atoms with Crippen LogP contribution in [0.4, 0.5) is 5.69 Å². The molecular formula is C15H20N4OS. The topological polar surface area (TPSA) is 68.2 Å². The zero-order valence-electron chi connectivity index (χ0n) is 12.4. The third-order valence-electron chi connectivity index (χ3n) is 5.12. The summed E-state index contributed by atoms with van der Waals surface area (Å²) < 4.78 is 5.47. The highest BCUT2D eigenvalue weighted by atomic mass is 32.1. The fourth-order valence-electron chi connectivity index (χ4n) is 3.73. The monoisotopic (exact) mass is 304 g/mol. The van der Waals surface area contributed by atoms with E-state index in [2.05, 4.69) is 22.1 Å². The Kier molecular flexibility index (Phi) is 3.04. The maximum atomic E-state index is 6.07. The molecule has 2 aliphatic heterocycles. The highest BCUT2D eigenvalue weighted by Crippen LogP contribution is 2.42. The lowest BCUT2D eigenvalue weighted by Gasteiger charge is -2.34. The van der Waals surface area contributed by atoms with Crippen LogP contribution in [0.25, 0.3) is 10.8 Å². The number of fused-ring (bicyclic) bond motifs is 2. The normalized spacial score (nSPS) is 29.1. The first-order chi connectivity index (χ1) is 10.1. The molecule has 0 saturated carbocycles. The molecule has 6 heteroatoms. The van der Waals surface area contributed by atoms with E-state index in [1.165, 1.54) is 12.8 Å². The molecule has 2 bridgehead atoms. The number of nitrogens with two attached hydrogens (primary N) is 1. The van der Waals surface area contributed by atoms with Crippen LogP contribution >= 0.6 is 11.3 Å². The molecule has 2 aromatic rings. The lowest BCUT2D eigenvalue weighted by molar-refractivity contribution is 0.157. The lowest BCUT2D eigenvalue weighted by atomic mass is 9.90. The Bertz CT molecular complexity index is 650. The van der Waals surface area contributed by atoms with Gasteiger partial charge in [0, 0.05) is 18.0 Å². The zero-order valence-corrected chi connectivity index (χ0v) is 13.2. The van der Waals surface area contributed by atoms with Crippen LogP contribution in [0.3, 0.4) is 0 Å². The van der Waals surface area contributed by atoms with Gasteiger partial charge in [-0.15, -0.1) is 11.3 Å². The number of nitrogens with zero attached hydrogens (tertiary/aromatic N) is 3. The molecule has 21 heavy (non-hydrogen) atoms. The van der Waals surface area contributed by atoms with Gasteiger partial charge in [0.15, 0.2) is 5.82 Å². The van der Waals surface area contributed by atoms with Crippen molar-refractivity contribution in [1.82, 2.24) is 15.0 Å². The summed E-state index contributed by atoms with van der Waals surface area (Å²) in [6.07, 6.45) is 4.90. The summed E-state index contributed by atoms with van der Waals surface area (Å²) in [6.45, 7) is 2.00. The number of nitrogen functional groups attached to an aromatic ring is 1. The van der Waals surface area contributed by atoms with Crippen molar-refractivity contribution in [3.8, 4) is 10.8 Å². The summed E-state index contributed by atoms with van der Waals surface area (Å²) in [4.78, 5) is 8.06. The Balaban J connectivity index is 1.59. The van der Waals surface area contributed by atoms with Gasteiger partial charge >= 0.3 is 0 Å². The molecule has 2 fully saturated rings. The van der Waals surface area contributed by atoms with Gasteiger partial charge < -0.3 is 15.2 Å². The first kappa shape index (κ1) is 13.3. The maximum Gasteiger partial charge on any atom is 0.270 e. The standard InChI is InChI=1S/C15H20N4OS/c1-8-7-21-13(12(8)16)15-17-14(18-20-15)9-5-10-3-4-11(6-9)19(10)2/h7,9-11H,3-6,16H2,1-2H3. The summed E-state index contributed by atoms with van der Waals surface area (Å²) in [5, 5.41) is 6.27. The van der Waals surface area contributed by atoms with E-state index in [0.29, 0.717) is 23.9 Å². The summed E-state index contributed by atoms with van der Waals surface area (Å²) in [7, 11) is 2.25. The smallest absolute Gasteiger partial charge is 0.270 e. The molecule has 4 rings (SSSR count). The average Bonchev–Trinajstić information content (AvgIpc) is 3.11. The predicted octanol–water partition coefficient (Wildman–Crippen LogP) is 3.03. The van der Waals surface area contributed by atoms with E-state index in [9.17, 15) is 0 Å². The highest BCUT2D eigenvalue weighted by Gasteiger charge is 2.40. The molecule has 0 aliphatic carbocycles. The van der Waals surface area contributed by atoms with Crippen LogP contribution in [-0.4, -0.2) is 34.2 Å². The number of aromatic nitrogens is 2. The molecule has 2 unspecified atom stereocenters. The van der Waals surface area contributed by atoms with Gasteiger partial charge in [-0.3, -0.25) is 0 Å². The number of hydrogen-bond acceptors (Lipinski definition) is 6. The van der Waals surface area contributed by atoms with Crippen molar-refractivity contribution in [2.75, 3.05) is 12.8 Å². The lowest BCUT2D eigenvalue weighted by Crippen LogP contribution is -2.39. The number of rotatable bonds is 2. The third kappa shape index (κ3) is 2.08. The van der Waals surface area contributed by atoms with E-state index in [1.54, 1.807) is 11.3 Å². The van der Waals surface area contributed by atoms with Crippen LogP contribution < -0.4 is 5.73 Å². The molecular weight excluding hydrogens is 284 g/mol. The van der Waals surface area contributed by atoms with Crippen LogP contribution in [-0.2, 0) is 0 Å². The zero-order chi connectivity index (χ0) is 14.6. The fraction of sp³-hybridized carbons (Fsp3) is 0.600. The second-order valence-corrected chi connectivity index (χ2v) is 7.22. The first-order valence-corrected chi connectivity index (χ1v) is 8.41. The number of aryl methyl sites for hydroxylation is 1. The maximum absolute atomic E-state index is 6.07. The Hall–Kier alpha value is -1.40. The summed E-state index contributed by atoms with van der Waals surface area (Å²) in [5.74, 6) is 1.87. The van der Waals surface area contributed by atoms with Gasteiger partial charge in [-0.05, 0) is 50.6 Å². The van der Waals surface area contributed by atoms with Crippen molar-refractivity contribution < 1.29 is 4.52 Å². The van der Waals surface area contributed by atoms with Crippen molar-refractivity contribution in [2.24, 2.45) is 0 Å². The number of thiophene rings is 1. The second-order valence-electron chi connectivity index (χ2n) is 6.34. The molecule has 2 aliphatic rings. The van der Waals surface area contributed by atoms with Gasteiger partial charge in [-0.1, -0.05) is 5.16 Å². The second kappa shape index (κ2) is 4.81. The van der Waals surface area contributed by atoms with Gasteiger partial charge in [0.2, 0.25) is 0 Å². The Morgan fingerprint density at radius 1 is 1.33 bits per heavy atom. The summed E-state index contributed by atoms with van der Waals surface area (Å²) in [6, 6.07) is 1.37. The molecule has 2 N–H and O–H groups in total. The van der Waals surface area contributed by atoms with Crippen LogP contribution in [0.15, 0.2) is 9.90 Å². The van der Waals surface area contributed by atoms with Gasteiger partial charge in [0.05, 0.1) is 5.69 Å². The van der Waals surface area contributed by atoms with E-state index < -0.39 is 0 Å². The fourth-order valence-corrected chi connectivity index (χ4v) is 4.63. The van der Waals surface area contributed by atoms with Crippen LogP contribution in [0.5, 0.6) is 0 Å². The quantitative estimate of drug-likeness (QED) is 0.923. The Morgan fingerprint density at radius 2 is 2.05 bits per heavy atom. The minimum Gasteiger partial charge on any atom is -0.397 e. The SMILES string of the molecule is Cc1csc(-c2nc(C3CC4CCC(C3)N4C)no2)c1N. The number of piperidine rings is 1. The van der Waals surface area contributed by atoms with Crippen molar-refractivity contribution >= 4 is 17.0 Å². The van der Waals surface area contributed by atoms with Crippen molar-refractivity contribution in [1.29, 1.82) is 0 Å². The molecule has 0 spiro atoms. The van der Waals surface area contributed by atoms with Crippen LogP contribution in [0.1, 0.15) is 43.0 Å². The molecule has 2 saturated heterocycles. The highest BCUT2D eigenvalue weighted by molar-refractivity contribution is 7.14. The van der Waals surface area contributed by atoms with Gasteiger partial charge in [0.1, 0.15) is 4.88 Å². The van der Waals surface area contributed by atoms with E-state index in [1.807, 2.05) is 12.3 Å². The minimum atomic E-state index is 0.429. The number of anilines is 1. The van der Waals surface area contributed by atoms with Crippen LogP contribution in [0, 0.1) is 6.92 Å². The molecule has 112 valence electrons. The molecule has 5 nitrogen and oxygen atoms in total. The number of hydrogen-bond donors (Lipinski definition) is 1. The molecule has 0 aromatic carbocycles. The molecule has 0 radical (unpaired) electrons.